The summed E-state index contributed by atoms with van der Waals surface area (Å²) in [4.78, 5) is 4.42. The van der Waals surface area contributed by atoms with Crippen molar-refractivity contribution in [3.05, 3.63) is 51.9 Å². The van der Waals surface area contributed by atoms with Gasteiger partial charge >= 0.3 is 0 Å². The molecule has 0 atom stereocenters. The Labute approximate surface area is 132 Å². The van der Waals surface area contributed by atoms with E-state index >= 15 is 0 Å². The number of ether oxygens (including phenoxy) is 1. The molecular formula is C16H18BrFN2O. The van der Waals surface area contributed by atoms with Gasteiger partial charge in [-0.2, -0.15) is 0 Å². The Balaban J connectivity index is 2.23. The van der Waals surface area contributed by atoms with Crippen LogP contribution in [0.5, 0.6) is 11.6 Å². The average Bonchev–Trinajstić information content (AvgIpc) is 2.48. The summed E-state index contributed by atoms with van der Waals surface area (Å²) in [6, 6.07) is 8.60. The molecule has 5 heteroatoms. The summed E-state index contributed by atoms with van der Waals surface area (Å²) in [6.45, 7) is 5.77. The molecule has 0 amide bonds. The van der Waals surface area contributed by atoms with E-state index in [9.17, 15) is 4.39 Å². The van der Waals surface area contributed by atoms with E-state index in [1.807, 2.05) is 13.0 Å². The first-order valence-corrected chi connectivity index (χ1v) is 7.75. The number of benzene rings is 1. The van der Waals surface area contributed by atoms with E-state index in [-0.39, 0.29) is 5.82 Å². The smallest absolute Gasteiger partial charge is 0.219 e. The van der Waals surface area contributed by atoms with Crippen molar-refractivity contribution in [3.8, 4) is 11.6 Å². The molecule has 21 heavy (non-hydrogen) atoms. The fraction of sp³-hybridized carbons (Fsp3) is 0.312. The minimum atomic E-state index is -0.355. The van der Waals surface area contributed by atoms with Gasteiger partial charge in [0.15, 0.2) is 0 Å². The standard InChI is InChI=1S/C16H18BrFN2O/c1-3-12-7-11(10-19-4-2)8-16(20-12)21-13-5-6-14(17)15(18)9-13/h5-9,19H,3-4,10H2,1-2H3. The van der Waals surface area contributed by atoms with Gasteiger partial charge in [0.25, 0.3) is 0 Å². The number of hydrogen-bond donors (Lipinski definition) is 1. The third-order valence-electron chi connectivity index (χ3n) is 2.97. The Bertz CT molecular complexity index is 619. The average molecular weight is 353 g/mol. The second-order valence-electron chi connectivity index (χ2n) is 4.62. The number of nitrogens with one attached hydrogen (secondary N) is 1. The van der Waals surface area contributed by atoms with Crippen molar-refractivity contribution < 1.29 is 9.13 Å². The molecule has 0 unspecified atom stereocenters. The number of aryl methyl sites for hydroxylation is 1. The van der Waals surface area contributed by atoms with E-state index < -0.39 is 0 Å². The third-order valence-corrected chi connectivity index (χ3v) is 3.61. The van der Waals surface area contributed by atoms with Crippen LogP contribution >= 0.6 is 15.9 Å². The molecule has 0 spiro atoms. The Morgan fingerprint density at radius 1 is 1.24 bits per heavy atom. The van der Waals surface area contributed by atoms with Gasteiger partial charge in [-0.3, -0.25) is 0 Å². The van der Waals surface area contributed by atoms with E-state index in [0.29, 0.717) is 16.1 Å². The monoisotopic (exact) mass is 352 g/mol. The number of pyridine rings is 1. The summed E-state index contributed by atoms with van der Waals surface area (Å²) >= 11 is 3.12. The van der Waals surface area contributed by atoms with Crippen LogP contribution in [0.4, 0.5) is 4.39 Å². The lowest BCUT2D eigenvalue weighted by molar-refractivity contribution is 0.454. The van der Waals surface area contributed by atoms with Gasteiger partial charge in [0.1, 0.15) is 11.6 Å². The maximum Gasteiger partial charge on any atom is 0.219 e. The first-order chi connectivity index (χ1) is 10.1. The zero-order valence-electron chi connectivity index (χ0n) is 12.1. The summed E-state index contributed by atoms with van der Waals surface area (Å²) in [5, 5.41) is 3.27. The van der Waals surface area contributed by atoms with Gasteiger partial charge in [-0.15, -0.1) is 0 Å². The zero-order valence-corrected chi connectivity index (χ0v) is 13.7. The second-order valence-corrected chi connectivity index (χ2v) is 5.47. The number of aromatic nitrogens is 1. The molecule has 0 aliphatic heterocycles. The van der Waals surface area contributed by atoms with Gasteiger partial charge in [0, 0.05) is 24.4 Å². The molecule has 112 valence electrons. The highest BCUT2D eigenvalue weighted by atomic mass is 79.9. The Hall–Kier alpha value is -1.46. The topological polar surface area (TPSA) is 34.2 Å². The fourth-order valence-electron chi connectivity index (χ4n) is 1.89. The van der Waals surface area contributed by atoms with Crippen molar-refractivity contribution in [2.45, 2.75) is 26.8 Å². The summed E-state index contributed by atoms with van der Waals surface area (Å²) in [6.07, 6.45) is 0.824. The molecule has 1 aromatic heterocycles. The lowest BCUT2D eigenvalue weighted by Crippen LogP contribution is -2.12. The Kier molecular flexibility index (Phi) is 5.70. The first-order valence-electron chi connectivity index (χ1n) is 6.95. The van der Waals surface area contributed by atoms with Crippen molar-refractivity contribution in [2.75, 3.05) is 6.54 Å². The predicted molar refractivity (Wildman–Crippen MR) is 85.2 cm³/mol. The summed E-state index contributed by atoms with van der Waals surface area (Å²) in [7, 11) is 0. The summed E-state index contributed by atoms with van der Waals surface area (Å²) in [5.41, 5.74) is 2.06. The third kappa shape index (κ3) is 4.51. The second kappa shape index (κ2) is 7.52. The van der Waals surface area contributed by atoms with Crippen molar-refractivity contribution >= 4 is 15.9 Å². The van der Waals surface area contributed by atoms with E-state index in [0.717, 1.165) is 30.8 Å². The van der Waals surface area contributed by atoms with E-state index in [4.69, 9.17) is 4.74 Å². The number of nitrogens with zero attached hydrogens (tertiary/aromatic N) is 1. The van der Waals surface area contributed by atoms with Gasteiger partial charge in [-0.05, 0) is 52.7 Å². The molecule has 2 aromatic rings. The van der Waals surface area contributed by atoms with Gasteiger partial charge in [-0.25, -0.2) is 9.37 Å². The van der Waals surface area contributed by atoms with Crippen molar-refractivity contribution in [1.29, 1.82) is 0 Å². The van der Waals surface area contributed by atoms with Crippen LogP contribution in [0.2, 0.25) is 0 Å². The molecule has 3 nitrogen and oxygen atoms in total. The largest absolute Gasteiger partial charge is 0.439 e. The number of halogens is 2. The summed E-state index contributed by atoms with van der Waals surface area (Å²) in [5.74, 6) is 0.571. The van der Waals surface area contributed by atoms with Gasteiger partial charge in [0.05, 0.1) is 4.47 Å². The minimum absolute atomic E-state index is 0.355. The Morgan fingerprint density at radius 3 is 2.71 bits per heavy atom. The summed E-state index contributed by atoms with van der Waals surface area (Å²) < 4.78 is 19.6. The van der Waals surface area contributed by atoms with Gasteiger partial charge in [-0.1, -0.05) is 13.8 Å². The van der Waals surface area contributed by atoms with Gasteiger partial charge in [0.2, 0.25) is 5.88 Å². The quantitative estimate of drug-likeness (QED) is 0.833. The predicted octanol–water partition coefficient (Wildman–Crippen LogP) is 4.45. The molecule has 0 radical (unpaired) electrons. The van der Waals surface area contributed by atoms with Crippen LogP contribution in [-0.4, -0.2) is 11.5 Å². The van der Waals surface area contributed by atoms with Crippen molar-refractivity contribution in [1.82, 2.24) is 10.3 Å². The molecule has 0 fully saturated rings. The molecule has 1 N–H and O–H groups in total. The lowest BCUT2D eigenvalue weighted by Gasteiger charge is -2.10. The minimum Gasteiger partial charge on any atom is -0.439 e. The molecule has 0 saturated heterocycles. The van der Waals surface area contributed by atoms with E-state index in [1.54, 1.807) is 12.1 Å². The molecule has 1 aromatic carbocycles. The van der Waals surface area contributed by atoms with E-state index in [1.165, 1.54) is 6.07 Å². The normalized spacial score (nSPS) is 10.7. The van der Waals surface area contributed by atoms with Crippen molar-refractivity contribution in [3.63, 3.8) is 0 Å². The van der Waals surface area contributed by atoms with Crippen molar-refractivity contribution in [2.24, 2.45) is 0 Å². The number of hydrogen-bond acceptors (Lipinski definition) is 3. The molecule has 0 aliphatic rings. The number of rotatable bonds is 6. The van der Waals surface area contributed by atoms with Crippen LogP contribution in [0.1, 0.15) is 25.1 Å². The van der Waals surface area contributed by atoms with Gasteiger partial charge < -0.3 is 10.1 Å². The fourth-order valence-corrected chi connectivity index (χ4v) is 2.13. The van der Waals surface area contributed by atoms with Crippen LogP contribution in [-0.2, 0) is 13.0 Å². The van der Waals surface area contributed by atoms with Crippen LogP contribution in [0.15, 0.2) is 34.8 Å². The molecule has 0 aliphatic carbocycles. The van der Waals surface area contributed by atoms with Crippen LogP contribution < -0.4 is 10.1 Å². The van der Waals surface area contributed by atoms with Crippen LogP contribution in [0.25, 0.3) is 0 Å². The highest BCUT2D eigenvalue weighted by Crippen LogP contribution is 2.25. The highest BCUT2D eigenvalue weighted by molar-refractivity contribution is 9.10. The van der Waals surface area contributed by atoms with E-state index in [2.05, 4.69) is 39.2 Å². The molecule has 1 heterocycles. The SMILES string of the molecule is CCNCc1cc(CC)nc(Oc2ccc(Br)c(F)c2)c1. The maximum atomic E-state index is 13.5. The zero-order chi connectivity index (χ0) is 15.2. The molecule has 0 saturated carbocycles. The molecule has 2 rings (SSSR count). The lowest BCUT2D eigenvalue weighted by atomic mass is 10.2. The first kappa shape index (κ1) is 15.9. The molecular weight excluding hydrogens is 335 g/mol. The maximum absolute atomic E-state index is 13.5. The Morgan fingerprint density at radius 2 is 2.05 bits per heavy atom. The van der Waals surface area contributed by atoms with Crippen LogP contribution in [0, 0.1) is 5.82 Å². The highest BCUT2D eigenvalue weighted by Gasteiger charge is 2.06. The van der Waals surface area contributed by atoms with Crippen LogP contribution in [0.3, 0.4) is 0 Å². The molecule has 0 bridgehead atoms.